The Morgan fingerprint density at radius 2 is 1.95 bits per heavy atom. The van der Waals surface area contributed by atoms with E-state index in [1.807, 2.05) is 42.6 Å². The second-order valence-corrected chi connectivity index (χ2v) is 4.27. The third kappa shape index (κ3) is 2.50. The number of hydrogen-bond donors (Lipinski definition) is 1. The maximum absolute atomic E-state index is 5.17. The van der Waals surface area contributed by atoms with Crippen LogP contribution in [0.2, 0.25) is 0 Å². The molecular weight excluding hydrogens is 236 g/mol. The van der Waals surface area contributed by atoms with Crippen LogP contribution in [0.25, 0.3) is 10.9 Å². The molecule has 1 aromatic heterocycles. The zero-order valence-electron chi connectivity index (χ0n) is 10.6. The lowest BCUT2D eigenvalue weighted by Crippen LogP contribution is -1.81. The average Bonchev–Trinajstić information content (AvgIpc) is 2.88. The molecule has 3 aromatic rings. The van der Waals surface area contributed by atoms with Gasteiger partial charge in [-0.3, -0.25) is 4.99 Å². The number of nitrogens with one attached hydrogen (secondary N) is 1. The van der Waals surface area contributed by atoms with Crippen molar-refractivity contribution in [1.29, 1.82) is 0 Å². The van der Waals surface area contributed by atoms with E-state index < -0.39 is 0 Å². The summed E-state index contributed by atoms with van der Waals surface area (Å²) in [5, 5.41) is 1.19. The topological polar surface area (TPSA) is 37.4 Å². The number of para-hydroxylation sites is 1. The van der Waals surface area contributed by atoms with Crippen LogP contribution in [0.5, 0.6) is 5.75 Å². The smallest absolute Gasteiger partial charge is 0.121 e. The minimum absolute atomic E-state index is 0.811. The fourth-order valence-corrected chi connectivity index (χ4v) is 2.00. The number of hydrogen-bond acceptors (Lipinski definition) is 2. The normalized spacial score (nSPS) is 11.2. The molecule has 1 N–H and O–H groups in total. The molecule has 0 unspecified atom stereocenters. The molecule has 0 radical (unpaired) electrons. The number of ether oxygens (including phenoxy) is 1. The molecule has 0 aliphatic rings. The summed E-state index contributed by atoms with van der Waals surface area (Å²) in [7, 11) is 1.65. The molecule has 0 saturated carbocycles. The number of methoxy groups -OCH3 is 1. The van der Waals surface area contributed by atoms with Crippen LogP contribution in [0.4, 0.5) is 5.69 Å². The Kier molecular flexibility index (Phi) is 3.02. The van der Waals surface area contributed by atoms with Crippen molar-refractivity contribution in [3.8, 4) is 5.75 Å². The molecule has 94 valence electrons. The predicted octanol–water partition coefficient (Wildman–Crippen LogP) is 3.93. The summed E-state index contributed by atoms with van der Waals surface area (Å²) in [6, 6.07) is 17.9. The van der Waals surface area contributed by atoms with Crippen molar-refractivity contribution >= 4 is 22.8 Å². The first-order valence-corrected chi connectivity index (χ1v) is 6.11. The molecule has 0 atom stereocenters. The van der Waals surface area contributed by atoms with Gasteiger partial charge in [0.25, 0.3) is 0 Å². The van der Waals surface area contributed by atoms with Crippen molar-refractivity contribution in [2.45, 2.75) is 0 Å². The molecule has 0 aliphatic heterocycles. The standard InChI is InChI=1S/C16H14N2O/c1-19-15-7-4-6-13(10-15)17-11-14-9-12-5-2-3-8-16(12)18-14/h2-11,18H,1H3. The predicted molar refractivity (Wildman–Crippen MR) is 78.5 cm³/mol. The van der Waals surface area contributed by atoms with Gasteiger partial charge >= 0.3 is 0 Å². The van der Waals surface area contributed by atoms with Crippen molar-refractivity contribution in [2.24, 2.45) is 4.99 Å². The lowest BCUT2D eigenvalue weighted by atomic mass is 10.2. The Morgan fingerprint density at radius 1 is 1.05 bits per heavy atom. The van der Waals surface area contributed by atoms with E-state index in [0.717, 1.165) is 22.6 Å². The number of rotatable bonds is 3. The highest BCUT2D eigenvalue weighted by Gasteiger charge is 1.97. The maximum Gasteiger partial charge on any atom is 0.121 e. The van der Waals surface area contributed by atoms with E-state index in [1.54, 1.807) is 7.11 Å². The molecule has 0 bridgehead atoms. The quantitative estimate of drug-likeness (QED) is 0.703. The number of aromatic amines is 1. The van der Waals surface area contributed by atoms with Crippen LogP contribution in [-0.4, -0.2) is 18.3 Å². The summed E-state index contributed by atoms with van der Waals surface area (Å²) < 4.78 is 5.17. The van der Waals surface area contributed by atoms with Crippen molar-refractivity contribution in [3.05, 3.63) is 60.3 Å². The summed E-state index contributed by atoms with van der Waals surface area (Å²) in [5.41, 5.74) is 2.98. The molecule has 0 aliphatic carbocycles. The highest BCUT2D eigenvalue weighted by atomic mass is 16.5. The monoisotopic (exact) mass is 250 g/mol. The van der Waals surface area contributed by atoms with Crippen LogP contribution in [-0.2, 0) is 0 Å². The first-order valence-electron chi connectivity index (χ1n) is 6.11. The first kappa shape index (κ1) is 11.5. The van der Waals surface area contributed by atoms with Crippen molar-refractivity contribution < 1.29 is 4.74 Å². The Balaban J connectivity index is 1.88. The second-order valence-electron chi connectivity index (χ2n) is 4.27. The zero-order chi connectivity index (χ0) is 13.1. The van der Waals surface area contributed by atoms with Gasteiger partial charge in [0.2, 0.25) is 0 Å². The Labute approximate surface area is 111 Å². The van der Waals surface area contributed by atoms with E-state index >= 15 is 0 Å². The zero-order valence-corrected chi connectivity index (χ0v) is 10.6. The van der Waals surface area contributed by atoms with Gasteiger partial charge in [0.1, 0.15) is 5.75 Å². The largest absolute Gasteiger partial charge is 0.497 e. The fourth-order valence-electron chi connectivity index (χ4n) is 2.00. The molecule has 3 nitrogen and oxygen atoms in total. The van der Waals surface area contributed by atoms with Crippen LogP contribution in [0.3, 0.4) is 0 Å². The van der Waals surface area contributed by atoms with Gasteiger partial charge in [0, 0.05) is 17.0 Å². The van der Waals surface area contributed by atoms with E-state index in [4.69, 9.17) is 4.74 Å². The SMILES string of the molecule is COc1cccc(N=Cc2cc3ccccc3[nH]2)c1. The number of H-pyrrole nitrogens is 1. The third-order valence-corrected chi connectivity index (χ3v) is 2.96. The van der Waals surface area contributed by atoms with E-state index in [9.17, 15) is 0 Å². The second kappa shape index (κ2) is 4.98. The maximum atomic E-state index is 5.17. The number of aromatic nitrogens is 1. The van der Waals surface area contributed by atoms with E-state index in [-0.39, 0.29) is 0 Å². The van der Waals surface area contributed by atoms with Gasteiger partial charge in [-0.05, 0) is 24.3 Å². The van der Waals surface area contributed by atoms with Crippen LogP contribution in [0.1, 0.15) is 5.69 Å². The molecule has 0 amide bonds. The van der Waals surface area contributed by atoms with Crippen LogP contribution < -0.4 is 4.74 Å². The highest BCUT2D eigenvalue weighted by Crippen LogP contribution is 2.20. The lowest BCUT2D eigenvalue weighted by molar-refractivity contribution is 0.415. The van der Waals surface area contributed by atoms with Gasteiger partial charge in [0.05, 0.1) is 24.7 Å². The first-order chi connectivity index (χ1) is 9.35. The Morgan fingerprint density at radius 3 is 2.79 bits per heavy atom. The molecular formula is C16H14N2O. The summed E-state index contributed by atoms with van der Waals surface area (Å²) >= 11 is 0. The lowest BCUT2D eigenvalue weighted by Gasteiger charge is -1.99. The van der Waals surface area contributed by atoms with Crippen molar-refractivity contribution in [2.75, 3.05) is 7.11 Å². The summed E-state index contributed by atoms with van der Waals surface area (Å²) in [4.78, 5) is 7.76. The molecule has 2 aromatic carbocycles. The Bertz CT molecular complexity index is 695. The number of aliphatic imine (C=N–C) groups is 1. The molecule has 19 heavy (non-hydrogen) atoms. The van der Waals surface area contributed by atoms with Gasteiger partial charge in [-0.2, -0.15) is 0 Å². The number of benzene rings is 2. The van der Waals surface area contributed by atoms with Gasteiger partial charge in [-0.25, -0.2) is 0 Å². The molecule has 3 heteroatoms. The van der Waals surface area contributed by atoms with E-state index in [0.29, 0.717) is 0 Å². The van der Waals surface area contributed by atoms with Crippen LogP contribution in [0, 0.1) is 0 Å². The fraction of sp³-hybridized carbons (Fsp3) is 0.0625. The average molecular weight is 250 g/mol. The Hall–Kier alpha value is -2.55. The van der Waals surface area contributed by atoms with Crippen LogP contribution in [0.15, 0.2) is 59.6 Å². The minimum atomic E-state index is 0.811. The summed E-state index contributed by atoms with van der Waals surface area (Å²) in [5.74, 6) is 0.811. The van der Waals surface area contributed by atoms with Gasteiger partial charge < -0.3 is 9.72 Å². The molecule has 0 fully saturated rings. The van der Waals surface area contributed by atoms with E-state index in [2.05, 4.69) is 28.2 Å². The van der Waals surface area contributed by atoms with E-state index in [1.165, 1.54) is 5.39 Å². The van der Waals surface area contributed by atoms with Gasteiger partial charge in [0.15, 0.2) is 0 Å². The number of fused-ring (bicyclic) bond motifs is 1. The van der Waals surface area contributed by atoms with Gasteiger partial charge in [-0.15, -0.1) is 0 Å². The van der Waals surface area contributed by atoms with Crippen molar-refractivity contribution in [3.63, 3.8) is 0 Å². The summed E-state index contributed by atoms with van der Waals surface area (Å²) in [6.07, 6.45) is 1.83. The molecule has 1 heterocycles. The highest BCUT2D eigenvalue weighted by molar-refractivity contribution is 5.90. The van der Waals surface area contributed by atoms with Crippen molar-refractivity contribution in [1.82, 2.24) is 4.98 Å². The molecule has 0 saturated heterocycles. The van der Waals surface area contributed by atoms with Gasteiger partial charge in [-0.1, -0.05) is 24.3 Å². The summed E-state index contributed by atoms with van der Waals surface area (Å²) in [6.45, 7) is 0. The molecule has 3 rings (SSSR count). The minimum Gasteiger partial charge on any atom is -0.497 e. The number of nitrogens with zero attached hydrogens (tertiary/aromatic N) is 1. The third-order valence-electron chi connectivity index (χ3n) is 2.96. The molecule has 0 spiro atoms. The van der Waals surface area contributed by atoms with Crippen LogP contribution >= 0.6 is 0 Å².